The summed E-state index contributed by atoms with van der Waals surface area (Å²) in [6.45, 7) is 4.46. The molecule has 562 valence electrons. The van der Waals surface area contributed by atoms with Crippen LogP contribution in [0.2, 0.25) is 0 Å². The molecule has 0 heterocycles. The normalized spacial score (nSPS) is 14.0. The number of allylic oxidation sites excluding steroid dienone is 40. The van der Waals surface area contributed by atoms with Crippen molar-refractivity contribution in [2.75, 3.05) is 47.5 Å². The molecule has 0 aromatic carbocycles. The van der Waals surface area contributed by atoms with Gasteiger partial charge in [-0.05, 0) is 167 Å². The molecule has 0 fully saturated rings. The molecule has 0 rings (SSSR count). The van der Waals surface area contributed by atoms with Crippen LogP contribution in [0.15, 0.2) is 243 Å². The van der Waals surface area contributed by atoms with Gasteiger partial charge in [0.2, 0.25) is 0 Å². The summed E-state index contributed by atoms with van der Waals surface area (Å²) in [6.07, 6.45) is 124. The van der Waals surface area contributed by atoms with Gasteiger partial charge in [0.1, 0.15) is 13.2 Å². The maximum absolute atomic E-state index is 13.0. The van der Waals surface area contributed by atoms with Crippen LogP contribution in [-0.4, -0.2) is 82.3 Å². The van der Waals surface area contributed by atoms with E-state index in [1.54, 1.807) is 0 Å². The van der Waals surface area contributed by atoms with Crippen molar-refractivity contribution in [1.29, 1.82) is 0 Å². The molecule has 0 aliphatic rings. The van der Waals surface area contributed by atoms with E-state index in [-0.39, 0.29) is 38.6 Å². The molecular formula is C92H141NO8. The summed E-state index contributed by atoms with van der Waals surface area (Å²) in [7, 11) is 5.91. The van der Waals surface area contributed by atoms with Crippen molar-refractivity contribution >= 4 is 17.9 Å². The van der Waals surface area contributed by atoms with E-state index < -0.39 is 24.3 Å². The molecule has 0 saturated heterocycles. The second-order valence-corrected chi connectivity index (χ2v) is 26.2. The lowest BCUT2D eigenvalue weighted by Crippen LogP contribution is -2.44. The Bertz CT molecular complexity index is 2570. The van der Waals surface area contributed by atoms with E-state index in [9.17, 15) is 19.5 Å². The summed E-state index contributed by atoms with van der Waals surface area (Å²) >= 11 is 0. The summed E-state index contributed by atoms with van der Waals surface area (Å²) in [4.78, 5) is 37.6. The Morgan fingerprint density at radius 2 is 0.535 bits per heavy atom. The van der Waals surface area contributed by atoms with Crippen LogP contribution in [0.25, 0.3) is 0 Å². The third-order valence-corrected chi connectivity index (χ3v) is 15.6. The maximum Gasteiger partial charge on any atom is 0.306 e. The van der Waals surface area contributed by atoms with Crippen molar-refractivity contribution < 1.29 is 42.9 Å². The van der Waals surface area contributed by atoms with Gasteiger partial charge in [-0.1, -0.05) is 321 Å². The highest BCUT2D eigenvalue weighted by atomic mass is 16.7. The smallest absolute Gasteiger partial charge is 0.306 e. The van der Waals surface area contributed by atoms with Crippen LogP contribution in [0.3, 0.4) is 0 Å². The van der Waals surface area contributed by atoms with Gasteiger partial charge < -0.3 is 33.3 Å². The van der Waals surface area contributed by atoms with Gasteiger partial charge in [0.25, 0.3) is 0 Å². The van der Waals surface area contributed by atoms with Gasteiger partial charge in [-0.3, -0.25) is 9.59 Å². The lowest BCUT2D eigenvalue weighted by atomic mass is 10.1. The van der Waals surface area contributed by atoms with E-state index in [1.165, 1.54) is 32.1 Å². The Kier molecular flexibility index (Phi) is 73.4. The fraction of sp³-hybridized carbons (Fsp3) is 0.533. The standard InChI is InChI=1S/C92H141NO8/c1-6-8-10-12-14-16-18-20-22-24-26-28-30-32-34-36-38-40-42-43-44-45-46-47-49-51-53-55-57-59-61-63-65-67-69-71-73-75-77-79-81-83-90(95)101-88(87-100-92(91(96)97)98-85-84-93(3,4)5)86-99-89(94)82-80-78-76-74-72-70-68-66-64-62-60-58-56-54-52-50-48-41-39-37-35-33-31-29-27-25-23-21-19-17-15-13-11-9-7-2/h8-11,14-17,20-23,26-29,32-35,38-41,43-44,46-47,50-53,56-59,62-65,88,92H,6-7,12-13,18-19,24-25,30-31,36-37,42,45,48-49,54-55,60-61,66-87H2,1-5H3/b10-8-,11-9-,16-14-,17-15-,22-20-,23-21-,28-26-,29-27-,34-32-,35-33-,40-38-,41-39-,44-43-,47-46-,52-50-,53-51-,58-56-,59-57-,64-62-,65-63-. The van der Waals surface area contributed by atoms with Crippen LogP contribution < -0.4 is 5.11 Å². The third-order valence-electron chi connectivity index (χ3n) is 15.6. The second-order valence-electron chi connectivity index (χ2n) is 26.2. The number of esters is 2. The van der Waals surface area contributed by atoms with E-state index in [0.717, 1.165) is 186 Å². The lowest BCUT2D eigenvalue weighted by molar-refractivity contribution is -0.870. The van der Waals surface area contributed by atoms with Crippen molar-refractivity contribution in [3.63, 3.8) is 0 Å². The van der Waals surface area contributed by atoms with Crippen LogP contribution in [0.5, 0.6) is 0 Å². The predicted octanol–water partition coefficient (Wildman–Crippen LogP) is 24.2. The summed E-state index contributed by atoms with van der Waals surface area (Å²) in [5.74, 6) is -2.34. The molecule has 0 aliphatic heterocycles. The zero-order valence-electron chi connectivity index (χ0n) is 64.2. The molecule has 0 spiro atoms. The average Bonchev–Trinajstić information content (AvgIpc) is 1.21. The number of likely N-dealkylation sites (N-methyl/N-ethyl adjacent to an activating group) is 1. The number of hydrogen-bond donors (Lipinski definition) is 0. The molecular weight excluding hydrogens is 1250 g/mol. The monoisotopic (exact) mass is 1390 g/mol. The number of hydrogen-bond acceptors (Lipinski definition) is 8. The molecule has 0 aromatic heterocycles. The van der Waals surface area contributed by atoms with Crippen LogP contribution in [0.4, 0.5) is 0 Å². The third kappa shape index (κ3) is 80.3. The average molecular weight is 1390 g/mol. The lowest BCUT2D eigenvalue weighted by Gasteiger charge is -2.26. The molecule has 0 radical (unpaired) electrons. The molecule has 0 N–H and O–H groups in total. The number of carbonyl (C=O) groups is 3. The Balaban J connectivity index is 4.23. The van der Waals surface area contributed by atoms with E-state index in [4.69, 9.17) is 18.9 Å². The number of quaternary nitrogens is 1. The van der Waals surface area contributed by atoms with Gasteiger partial charge in [0.15, 0.2) is 12.4 Å². The number of carboxylic acids is 1. The highest BCUT2D eigenvalue weighted by Gasteiger charge is 2.22. The topological polar surface area (TPSA) is 111 Å². The number of carbonyl (C=O) groups excluding carboxylic acids is 3. The van der Waals surface area contributed by atoms with Gasteiger partial charge in [-0.25, -0.2) is 0 Å². The van der Waals surface area contributed by atoms with Gasteiger partial charge in [0.05, 0.1) is 40.3 Å². The largest absolute Gasteiger partial charge is 0.545 e. The number of unbranched alkanes of at least 4 members (excludes halogenated alkanes) is 14. The fourth-order valence-corrected chi connectivity index (χ4v) is 9.71. The van der Waals surface area contributed by atoms with Crippen molar-refractivity contribution in [1.82, 2.24) is 0 Å². The van der Waals surface area contributed by atoms with Crippen molar-refractivity contribution in [3.8, 4) is 0 Å². The Hall–Kier alpha value is -6.91. The number of rotatable bonds is 69. The van der Waals surface area contributed by atoms with Crippen LogP contribution in [0.1, 0.15) is 258 Å². The quantitative estimate of drug-likeness (QED) is 0.0195. The molecule has 0 aromatic rings. The first-order valence-electron chi connectivity index (χ1n) is 39.2. The number of ether oxygens (including phenoxy) is 4. The Morgan fingerprint density at radius 1 is 0.297 bits per heavy atom. The molecule has 0 aliphatic carbocycles. The SMILES string of the molecule is CC/C=C\C/C=C\C/C=C\C/C=C\C/C=C\C/C=C\C/C=C\C/C=C\C/C=C\C/C=C\C/C=C\CCCCCCCCCC(=O)OC(COC(=O)CCCCCCCCC/C=C\C/C=C\C/C=C\C/C=C\C/C=C\C/C=C\C/C=C\C/C=C\C/C=C\CC)COC(OCC[N+](C)(C)C)C(=O)[O-]. The van der Waals surface area contributed by atoms with E-state index in [1.807, 2.05) is 21.1 Å². The Labute approximate surface area is 618 Å². The highest BCUT2D eigenvalue weighted by Crippen LogP contribution is 2.15. The maximum atomic E-state index is 13.0. The molecule has 9 heteroatoms. The first-order valence-corrected chi connectivity index (χ1v) is 39.2. The summed E-state index contributed by atoms with van der Waals surface area (Å²) < 4.78 is 22.8. The van der Waals surface area contributed by atoms with Crippen LogP contribution in [0, 0.1) is 0 Å². The van der Waals surface area contributed by atoms with E-state index in [0.29, 0.717) is 23.9 Å². The van der Waals surface area contributed by atoms with E-state index >= 15 is 0 Å². The molecule has 0 amide bonds. The summed E-state index contributed by atoms with van der Waals surface area (Å²) in [5.41, 5.74) is 0. The van der Waals surface area contributed by atoms with Crippen LogP contribution in [-0.2, 0) is 33.3 Å². The second kappa shape index (κ2) is 78.8. The first kappa shape index (κ1) is 94.1. The van der Waals surface area contributed by atoms with Crippen LogP contribution >= 0.6 is 0 Å². The molecule has 0 saturated carbocycles. The minimum absolute atomic E-state index is 0.130. The zero-order valence-corrected chi connectivity index (χ0v) is 64.2. The van der Waals surface area contributed by atoms with Crippen molar-refractivity contribution in [2.45, 2.75) is 270 Å². The summed E-state index contributed by atoms with van der Waals surface area (Å²) in [5, 5.41) is 11.9. The highest BCUT2D eigenvalue weighted by molar-refractivity contribution is 5.70. The van der Waals surface area contributed by atoms with E-state index in [2.05, 4.69) is 257 Å². The molecule has 9 nitrogen and oxygen atoms in total. The molecule has 101 heavy (non-hydrogen) atoms. The number of nitrogens with zero attached hydrogens (tertiary/aromatic N) is 1. The molecule has 0 bridgehead atoms. The Morgan fingerprint density at radius 3 is 0.792 bits per heavy atom. The fourth-order valence-electron chi connectivity index (χ4n) is 9.71. The zero-order chi connectivity index (χ0) is 73.2. The minimum Gasteiger partial charge on any atom is -0.545 e. The molecule has 2 unspecified atom stereocenters. The first-order chi connectivity index (χ1) is 49.6. The molecule has 2 atom stereocenters. The van der Waals surface area contributed by atoms with Gasteiger partial charge in [0, 0.05) is 12.8 Å². The van der Waals surface area contributed by atoms with Gasteiger partial charge >= 0.3 is 11.9 Å². The van der Waals surface area contributed by atoms with Crippen molar-refractivity contribution in [3.05, 3.63) is 243 Å². The minimum atomic E-state index is -1.65. The predicted molar refractivity (Wildman–Crippen MR) is 434 cm³/mol. The van der Waals surface area contributed by atoms with Gasteiger partial charge in [-0.15, -0.1) is 0 Å². The van der Waals surface area contributed by atoms with Gasteiger partial charge in [-0.2, -0.15) is 0 Å². The van der Waals surface area contributed by atoms with Crippen molar-refractivity contribution in [2.24, 2.45) is 0 Å². The number of aliphatic carboxylic acids is 1. The number of carboxylic acid groups (broad SMARTS) is 1. The summed E-state index contributed by atoms with van der Waals surface area (Å²) in [6, 6.07) is 0.